The molecule has 0 atom stereocenters. The van der Waals surface area contributed by atoms with Crippen molar-refractivity contribution in [3.05, 3.63) is 88.5 Å². The summed E-state index contributed by atoms with van der Waals surface area (Å²) >= 11 is 0. The second-order valence-corrected chi connectivity index (χ2v) is 10.2. The Morgan fingerprint density at radius 1 is 0.882 bits per heavy atom. The van der Waals surface area contributed by atoms with Gasteiger partial charge in [-0.15, -0.1) is 0 Å². The highest BCUT2D eigenvalue weighted by molar-refractivity contribution is 7.92. The summed E-state index contributed by atoms with van der Waals surface area (Å²) in [5.74, 6) is -1.27. The van der Waals surface area contributed by atoms with Crippen LogP contribution in [0.25, 0.3) is 0 Å². The lowest BCUT2D eigenvalue weighted by molar-refractivity contribution is -0.119. The zero-order valence-corrected chi connectivity index (χ0v) is 20.7. The van der Waals surface area contributed by atoms with Gasteiger partial charge < -0.3 is 10.1 Å². The normalized spacial score (nSPS) is 11.1. The van der Waals surface area contributed by atoms with Crippen LogP contribution in [-0.2, 0) is 19.6 Å². The highest BCUT2D eigenvalue weighted by atomic mass is 32.2. The number of nitrogens with zero attached hydrogens (tertiary/aromatic N) is 1. The van der Waals surface area contributed by atoms with E-state index in [1.54, 1.807) is 12.1 Å². The first-order valence-corrected chi connectivity index (χ1v) is 12.1. The van der Waals surface area contributed by atoms with Crippen LogP contribution in [0.15, 0.2) is 65.6 Å². The first kappa shape index (κ1) is 25.0. The number of carbonyl (C=O) groups is 2. The molecule has 0 aliphatic rings. The topological polar surface area (TPSA) is 92.8 Å². The van der Waals surface area contributed by atoms with Crippen molar-refractivity contribution in [3.63, 3.8) is 0 Å². The molecule has 0 aliphatic carbocycles. The average Bonchev–Trinajstić information content (AvgIpc) is 2.80. The molecule has 0 fully saturated rings. The van der Waals surface area contributed by atoms with Gasteiger partial charge in [0.1, 0.15) is 0 Å². The number of rotatable bonds is 7. The summed E-state index contributed by atoms with van der Waals surface area (Å²) in [6.07, 6.45) is 0. The van der Waals surface area contributed by atoms with Gasteiger partial charge in [-0.2, -0.15) is 0 Å². The van der Waals surface area contributed by atoms with E-state index in [2.05, 4.69) is 5.32 Å². The van der Waals surface area contributed by atoms with E-state index < -0.39 is 28.5 Å². The van der Waals surface area contributed by atoms with Crippen LogP contribution in [0.5, 0.6) is 0 Å². The van der Waals surface area contributed by atoms with Crippen LogP contribution < -0.4 is 9.62 Å². The van der Waals surface area contributed by atoms with Crippen LogP contribution in [0, 0.1) is 27.7 Å². The Balaban J connectivity index is 1.70. The molecule has 0 aromatic heterocycles. The van der Waals surface area contributed by atoms with Crippen LogP contribution >= 0.6 is 0 Å². The van der Waals surface area contributed by atoms with Gasteiger partial charge in [0.15, 0.2) is 6.61 Å². The van der Waals surface area contributed by atoms with Gasteiger partial charge in [0.05, 0.1) is 16.1 Å². The minimum absolute atomic E-state index is 0.0360. The average molecular weight is 481 g/mol. The third kappa shape index (κ3) is 5.63. The molecule has 0 saturated carbocycles. The lowest BCUT2D eigenvalue weighted by atomic mass is 10.1. The maximum absolute atomic E-state index is 13.1. The Labute approximate surface area is 200 Å². The first-order valence-electron chi connectivity index (χ1n) is 10.7. The third-order valence-electron chi connectivity index (χ3n) is 5.40. The molecular weight excluding hydrogens is 452 g/mol. The summed E-state index contributed by atoms with van der Waals surface area (Å²) in [5, 5.41) is 2.77. The van der Waals surface area contributed by atoms with E-state index in [1.807, 2.05) is 52.0 Å². The van der Waals surface area contributed by atoms with Crippen molar-refractivity contribution >= 4 is 33.3 Å². The number of carbonyl (C=O) groups excluding carboxylic acids is 2. The Morgan fingerprint density at radius 2 is 1.50 bits per heavy atom. The summed E-state index contributed by atoms with van der Waals surface area (Å²) in [5.41, 5.74) is 5.13. The number of hydrogen-bond donors (Lipinski definition) is 1. The van der Waals surface area contributed by atoms with E-state index in [9.17, 15) is 18.0 Å². The highest BCUT2D eigenvalue weighted by Crippen LogP contribution is 2.24. The zero-order valence-electron chi connectivity index (χ0n) is 19.9. The number of amides is 1. The molecule has 178 valence electrons. The van der Waals surface area contributed by atoms with Gasteiger partial charge in [-0.1, -0.05) is 41.5 Å². The molecule has 0 radical (unpaired) electrons. The SMILES string of the molecule is Cc1ccc(N(C)S(=O)(=O)c2cccc(C(=O)OCC(=O)Nc3c(C)cc(C)cc3C)c2)cc1. The fourth-order valence-corrected chi connectivity index (χ4v) is 4.84. The maximum Gasteiger partial charge on any atom is 0.338 e. The fourth-order valence-electron chi connectivity index (χ4n) is 3.60. The molecule has 3 rings (SSSR count). The van der Waals surface area contributed by atoms with Crippen molar-refractivity contribution in [2.45, 2.75) is 32.6 Å². The van der Waals surface area contributed by atoms with Crippen molar-refractivity contribution in [3.8, 4) is 0 Å². The maximum atomic E-state index is 13.1. The lowest BCUT2D eigenvalue weighted by Gasteiger charge is -2.20. The predicted octanol–water partition coefficient (Wildman–Crippen LogP) is 4.54. The molecule has 0 bridgehead atoms. The molecule has 0 aliphatic heterocycles. The third-order valence-corrected chi connectivity index (χ3v) is 7.18. The first-order chi connectivity index (χ1) is 16.0. The van der Waals surface area contributed by atoms with E-state index in [0.717, 1.165) is 26.6 Å². The van der Waals surface area contributed by atoms with Gasteiger partial charge >= 0.3 is 5.97 Å². The van der Waals surface area contributed by atoms with Crippen molar-refractivity contribution in [2.24, 2.45) is 0 Å². The summed E-state index contributed by atoms with van der Waals surface area (Å²) in [6, 6.07) is 16.5. The lowest BCUT2D eigenvalue weighted by Crippen LogP contribution is -2.27. The van der Waals surface area contributed by atoms with E-state index >= 15 is 0 Å². The van der Waals surface area contributed by atoms with Crippen LogP contribution in [-0.4, -0.2) is 33.9 Å². The van der Waals surface area contributed by atoms with E-state index in [1.165, 1.54) is 31.3 Å². The zero-order chi connectivity index (χ0) is 25.0. The number of anilines is 2. The fraction of sp³-hybridized carbons (Fsp3) is 0.231. The molecule has 1 N–H and O–H groups in total. The minimum Gasteiger partial charge on any atom is -0.452 e. The highest BCUT2D eigenvalue weighted by Gasteiger charge is 2.23. The Hall–Kier alpha value is -3.65. The largest absolute Gasteiger partial charge is 0.452 e. The minimum atomic E-state index is -3.90. The van der Waals surface area contributed by atoms with Crippen molar-refractivity contribution in [1.29, 1.82) is 0 Å². The summed E-state index contributed by atoms with van der Waals surface area (Å²) in [7, 11) is -2.45. The van der Waals surface area contributed by atoms with E-state index in [4.69, 9.17) is 4.74 Å². The van der Waals surface area contributed by atoms with Crippen LogP contribution in [0.1, 0.15) is 32.6 Å². The quantitative estimate of drug-likeness (QED) is 0.501. The van der Waals surface area contributed by atoms with Crippen molar-refractivity contribution < 1.29 is 22.7 Å². The monoisotopic (exact) mass is 480 g/mol. The second-order valence-electron chi connectivity index (χ2n) is 8.23. The molecule has 3 aromatic rings. The van der Waals surface area contributed by atoms with Gasteiger partial charge in [0.25, 0.3) is 15.9 Å². The molecule has 7 nitrogen and oxygen atoms in total. The van der Waals surface area contributed by atoms with Crippen LogP contribution in [0.3, 0.4) is 0 Å². The predicted molar refractivity (Wildman–Crippen MR) is 133 cm³/mol. The Morgan fingerprint density at radius 3 is 2.12 bits per heavy atom. The van der Waals surface area contributed by atoms with E-state index in [0.29, 0.717) is 11.4 Å². The summed E-state index contributed by atoms with van der Waals surface area (Å²) in [6.45, 7) is 7.17. The number of esters is 1. The number of benzene rings is 3. The van der Waals surface area contributed by atoms with Crippen molar-refractivity contribution in [1.82, 2.24) is 0 Å². The summed E-state index contributed by atoms with van der Waals surface area (Å²) < 4.78 is 32.4. The molecule has 8 heteroatoms. The number of hydrogen-bond acceptors (Lipinski definition) is 5. The Kier molecular flexibility index (Phi) is 7.41. The van der Waals surface area contributed by atoms with Gasteiger partial charge in [0, 0.05) is 12.7 Å². The molecule has 0 saturated heterocycles. The number of ether oxygens (including phenoxy) is 1. The molecular formula is C26H28N2O5S. The molecule has 0 unspecified atom stereocenters. The van der Waals surface area contributed by atoms with Gasteiger partial charge in [-0.05, 0) is 69.2 Å². The van der Waals surface area contributed by atoms with Gasteiger partial charge in [-0.25, -0.2) is 13.2 Å². The smallest absolute Gasteiger partial charge is 0.338 e. The number of nitrogens with one attached hydrogen (secondary N) is 1. The van der Waals surface area contributed by atoms with Crippen LogP contribution in [0.4, 0.5) is 11.4 Å². The van der Waals surface area contributed by atoms with Crippen LogP contribution in [0.2, 0.25) is 0 Å². The molecule has 1 amide bonds. The number of aryl methyl sites for hydroxylation is 4. The molecule has 34 heavy (non-hydrogen) atoms. The molecule has 0 heterocycles. The van der Waals surface area contributed by atoms with E-state index in [-0.39, 0.29) is 10.5 Å². The second kappa shape index (κ2) is 10.1. The van der Waals surface area contributed by atoms with Crippen molar-refractivity contribution in [2.75, 3.05) is 23.3 Å². The Bertz CT molecular complexity index is 1310. The van der Waals surface area contributed by atoms with Gasteiger partial charge in [-0.3, -0.25) is 9.10 Å². The van der Waals surface area contributed by atoms with Gasteiger partial charge in [0.2, 0.25) is 0 Å². The summed E-state index contributed by atoms with van der Waals surface area (Å²) in [4.78, 5) is 24.8. The standard InChI is InChI=1S/C26H28N2O5S/c1-17-9-11-22(12-10-17)28(5)34(31,32)23-8-6-7-21(15-23)26(30)33-16-24(29)27-25-19(3)13-18(2)14-20(25)4/h6-15H,16H2,1-5H3,(H,27,29). The number of sulfonamides is 1. The molecule has 0 spiro atoms. The molecule has 3 aromatic carbocycles.